The Labute approximate surface area is 111 Å². The van der Waals surface area contributed by atoms with Crippen LogP contribution in [-0.2, 0) is 0 Å². The zero-order valence-corrected chi connectivity index (χ0v) is 11.9. The summed E-state index contributed by atoms with van der Waals surface area (Å²) < 4.78 is 0. The van der Waals surface area contributed by atoms with Crippen molar-refractivity contribution in [1.29, 1.82) is 0 Å². The second-order valence-electron chi connectivity index (χ2n) is 5.76. The maximum atomic E-state index is 6.00. The third-order valence-corrected chi connectivity index (χ3v) is 4.43. The summed E-state index contributed by atoms with van der Waals surface area (Å²) in [5, 5.41) is 0. The van der Waals surface area contributed by atoms with E-state index in [1.807, 2.05) is 0 Å². The van der Waals surface area contributed by atoms with Gasteiger partial charge in [-0.2, -0.15) is 0 Å². The van der Waals surface area contributed by atoms with Gasteiger partial charge in [-0.3, -0.25) is 4.90 Å². The third kappa shape index (κ3) is 2.76. The van der Waals surface area contributed by atoms with Gasteiger partial charge in [0.15, 0.2) is 0 Å². The van der Waals surface area contributed by atoms with Gasteiger partial charge in [-0.15, -0.1) is 0 Å². The first-order valence-corrected chi connectivity index (χ1v) is 7.11. The average molecular weight is 246 g/mol. The Kier molecular flexibility index (Phi) is 4.41. The minimum absolute atomic E-state index is 0.497. The van der Waals surface area contributed by atoms with Gasteiger partial charge < -0.3 is 5.73 Å². The summed E-state index contributed by atoms with van der Waals surface area (Å²) in [4.78, 5) is 2.49. The quantitative estimate of drug-likeness (QED) is 0.869. The Morgan fingerprint density at radius 3 is 2.67 bits per heavy atom. The summed E-state index contributed by atoms with van der Waals surface area (Å²) in [7, 11) is 2.24. The number of nitrogens with zero attached hydrogens (tertiary/aromatic N) is 1. The monoisotopic (exact) mass is 246 g/mol. The van der Waals surface area contributed by atoms with Crippen LogP contribution in [0, 0.1) is 19.8 Å². The van der Waals surface area contributed by atoms with Gasteiger partial charge in [0.2, 0.25) is 0 Å². The Hall–Kier alpha value is -0.860. The van der Waals surface area contributed by atoms with E-state index in [0.717, 1.165) is 6.54 Å². The van der Waals surface area contributed by atoms with E-state index in [1.165, 1.54) is 42.5 Å². The minimum Gasteiger partial charge on any atom is -0.330 e. The summed E-state index contributed by atoms with van der Waals surface area (Å²) in [6.07, 6.45) is 3.88. The van der Waals surface area contributed by atoms with Gasteiger partial charge in [0.1, 0.15) is 0 Å². The molecule has 2 N–H and O–H groups in total. The standard InChI is InChI=1S/C16H26N2/c1-12-7-8-14(10-13(12)2)16-15(11-17)6-4-5-9-18(16)3/h7-8,10,15-16H,4-6,9,11,17H2,1-3H3. The summed E-state index contributed by atoms with van der Waals surface area (Å²) >= 11 is 0. The summed E-state index contributed by atoms with van der Waals surface area (Å²) in [5.74, 6) is 0.597. The first-order valence-electron chi connectivity index (χ1n) is 7.11. The minimum atomic E-state index is 0.497. The van der Waals surface area contributed by atoms with E-state index in [9.17, 15) is 0 Å². The SMILES string of the molecule is Cc1ccc(C2C(CN)CCCCN2C)cc1C. The molecule has 1 aliphatic rings. The largest absolute Gasteiger partial charge is 0.330 e. The molecule has 18 heavy (non-hydrogen) atoms. The molecule has 1 aliphatic heterocycles. The zero-order valence-electron chi connectivity index (χ0n) is 11.9. The first kappa shape index (κ1) is 13.6. The van der Waals surface area contributed by atoms with Crippen LogP contribution in [-0.4, -0.2) is 25.0 Å². The molecule has 2 atom stereocenters. The number of rotatable bonds is 2. The van der Waals surface area contributed by atoms with Gasteiger partial charge in [-0.25, -0.2) is 0 Å². The van der Waals surface area contributed by atoms with Crippen LogP contribution in [0.25, 0.3) is 0 Å². The fourth-order valence-corrected chi connectivity index (χ4v) is 3.15. The predicted octanol–water partition coefficient (Wildman–Crippen LogP) is 3.04. The molecule has 0 aromatic heterocycles. The second kappa shape index (κ2) is 5.85. The molecule has 0 saturated carbocycles. The summed E-state index contributed by atoms with van der Waals surface area (Å²) in [6.45, 7) is 6.36. The number of likely N-dealkylation sites (tertiary alicyclic amines) is 1. The molecular weight excluding hydrogens is 220 g/mol. The maximum absolute atomic E-state index is 6.00. The molecule has 0 bridgehead atoms. The Balaban J connectivity index is 2.33. The molecule has 100 valence electrons. The van der Waals surface area contributed by atoms with Gasteiger partial charge in [-0.05, 0) is 69.4 Å². The van der Waals surface area contributed by atoms with E-state index in [0.29, 0.717) is 12.0 Å². The fourth-order valence-electron chi connectivity index (χ4n) is 3.15. The number of benzene rings is 1. The number of aryl methyl sites for hydroxylation is 2. The molecule has 1 heterocycles. The molecule has 1 aromatic rings. The molecule has 1 fully saturated rings. The highest BCUT2D eigenvalue weighted by atomic mass is 15.1. The maximum Gasteiger partial charge on any atom is 0.0385 e. The topological polar surface area (TPSA) is 29.3 Å². The number of hydrogen-bond acceptors (Lipinski definition) is 2. The Morgan fingerprint density at radius 2 is 2.00 bits per heavy atom. The lowest BCUT2D eigenvalue weighted by molar-refractivity contribution is 0.196. The van der Waals surface area contributed by atoms with Crippen LogP contribution < -0.4 is 5.73 Å². The highest BCUT2D eigenvalue weighted by Crippen LogP contribution is 2.34. The average Bonchev–Trinajstić information content (AvgIpc) is 2.54. The molecule has 2 nitrogen and oxygen atoms in total. The van der Waals surface area contributed by atoms with Gasteiger partial charge >= 0.3 is 0 Å². The van der Waals surface area contributed by atoms with Crippen LogP contribution in [0.4, 0.5) is 0 Å². The van der Waals surface area contributed by atoms with E-state index in [4.69, 9.17) is 5.73 Å². The highest BCUT2D eigenvalue weighted by Gasteiger charge is 2.28. The normalized spacial score (nSPS) is 26.0. The van der Waals surface area contributed by atoms with E-state index >= 15 is 0 Å². The lowest BCUT2D eigenvalue weighted by Crippen LogP contribution is -2.33. The van der Waals surface area contributed by atoms with E-state index in [2.05, 4.69) is 44.0 Å². The summed E-state index contributed by atoms with van der Waals surface area (Å²) in [5.41, 5.74) is 10.2. The van der Waals surface area contributed by atoms with Crippen molar-refractivity contribution in [2.24, 2.45) is 11.7 Å². The van der Waals surface area contributed by atoms with E-state index in [1.54, 1.807) is 0 Å². The van der Waals surface area contributed by atoms with Crippen LogP contribution in [0.1, 0.15) is 42.0 Å². The number of nitrogens with two attached hydrogens (primary N) is 1. The molecule has 2 unspecified atom stereocenters. The van der Waals surface area contributed by atoms with Crippen LogP contribution in [0.5, 0.6) is 0 Å². The van der Waals surface area contributed by atoms with Crippen molar-refractivity contribution in [2.75, 3.05) is 20.1 Å². The molecule has 0 radical (unpaired) electrons. The molecular formula is C16H26N2. The van der Waals surface area contributed by atoms with Crippen molar-refractivity contribution in [1.82, 2.24) is 4.90 Å². The lowest BCUT2D eigenvalue weighted by atomic mass is 9.88. The van der Waals surface area contributed by atoms with Crippen LogP contribution in [0.2, 0.25) is 0 Å². The molecule has 0 aliphatic carbocycles. The van der Waals surface area contributed by atoms with Gasteiger partial charge in [0.25, 0.3) is 0 Å². The van der Waals surface area contributed by atoms with Crippen molar-refractivity contribution in [2.45, 2.75) is 39.2 Å². The molecule has 0 spiro atoms. The first-order chi connectivity index (χ1) is 8.63. The predicted molar refractivity (Wildman–Crippen MR) is 77.7 cm³/mol. The second-order valence-corrected chi connectivity index (χ2v) is 5.76. The van der Waals surface area contributed by atoms with E-state index in [-0.39, 0.29) is 0 Å². The molecule has 2 heteroatoms. The summed E-state index contributed by atoms with van der Waals surface area (Å²) in [6, 6.07) is 7.38. The molecule has 1 saturated heterocycles. The van der Waals surface area contributed by atoms with Crippen LogP contribution >= 0.6 is 0 Å². The molecule has 1 aromatic carbocycles. The number of hydrogen-bond donors (Lipinski definition) is 1. The van der Waals surface area contributed by atoms with Gasteiger partial charge in [-0.1, -0.05) is 24.6 Å². The highest BCUT2D eigenvalue weighted by molar-refractivity contribution is 5.32. The molecule has 2 rings (SSSR count). The van der Waals surface area contributed by atoms with Crippen molar-refractivity contribution < 1.29 is 0 Å². The van der Waals surface area contributed by atoms with E-state index < -0.39 is 0 Å². The smallest absolute Gasteiger partial charge is 0.0385 e. The molecule has 0 amide bonds. The lowest BCUT2D eigenvalue weighted by Gasteiger charge is -2.32. The Morgan fingerprint density at radius 1 is 1.22 bits per heavy atom. The van der Waals surface area contributed by atoms with Gasteiger partial charge in [0.05, 0.1) is 0 Å². The fraction of sp³-hybridized carbons (Fsp3) is 0.625. The van der Waals surface area contributed by atoms with Crippen molar-refractivity contribution in [3.05, 3.63) is 34.9 Å². The van der Waals surface area contributed by atoms with Crippen molar-refractivity contribution in [3.63, 3.8) is 0 Å². The zero-order chi connectivity index (χ0) is 13.1. The third-order valence-electron chi connectivity index (χ3n) is 4.43. The van der Waals surface area contributed by atoms with Gasteiger partial charge in [0, 0.05) is 6.04 Å². The van der Waals surface area contributed by atoms with Crippen LogP contribution in [0.15, 0.2) is 18.2 Å². The van der Waals surface area contributed by atoms with Crippen molar-refractivity contribution in [3.8, 4) is 0 Å². The van der Waals surface area contributed by atoms with Crippen molar-refractivity contribution >= 4 is 0 Å². The van der Waals surface area contributed by atoms with Crippen LogP contribution in [0.3, 0.4) is 0 Å². The Bertz CT molecular complexity index is 400.